The molecule has 0 aromatic carbocycles. The number of aryl methyl sites for hydroxylation is 1. The SMILES string of the molecule is Cc1cc2c(c(Cl)n1)C(=O)N(C(C)C(F)(F)F)C2. The standard InChI is InChI=1S/C11H10ClF3N2O/c1-5-3-7-4-17(6(2)11(13,14)15)10(18)8(7)9(12)16-5/h3,6H,4H2,1-2H3. The fourth-order valence-corrected chi connectivity index (χ4v) is 2.27. The molecule has 2 heterocycles. The summed E-state index contributed by atoms with van der Waals surface area (Å²) < 4.78 is 37.9. The summed E-state index contributed by atoms with van der Waals surface area (Å²) in [4.78, 5) is 16.6. The molecule has 1 unspecified atom stereocenters. The zero-order valence-electron chi connectivity index (χ0n) is 9.68. The Morgan fingerprint density at radius 1 is 1.50 bits per heavy atom. The minimum absolute atomic E-state index is 0.0353. The molecule has 1 aliphatic heterocycles. The van der Waals surface area contributed by atoms with Crippen LogP contribution in [-0.2, 0) is 6.54 Å². The molecule has 0 radical (unpaired) electrons. The Morgan fingerprint density at radius 3 is 2.67 bits per heavy atom. The predicted molar refractivity (Wildman–Crippen MR) is 59.4 cm³/mol. The molecule has 0 N–H and O–H groups in total. The predicted octanol–water partition coefficient (Wildman–Crippen LogP) is 2.95. The van der Waals surface area contributed by atoms with Gasteiger partial charge >= 0.3 is 6.18 Å². The first-order valence-corrected chi connectivity index (χ1v) is 5.63. The molecule has 0 saturated heterocycles. The van der Waals surface area contributed by atoms with E-state index >= 15 is 0 Å². The summed E-state index contributed by atoms with van der Waals surface area (Å²) in [6.45, 7) is 2.54. The summed E-state index contributed by atoms with van der Waals surface area (Å²) >= 11 is 5.81. The second-order valence-electron chi connectivity index (χ2n) is 4.24. The third kappa shape index (κ3) is 2.05. The zero-order valence-corrected chi connectivity index (χ0v) is 10.4. The van der Waals surface area contributed by atoms with Crippen LogP contribution in [0.3, 0.4) is 0 Å². The smallest absolute Gasteiger partial charge is 0.322 e. The Kier molecular flexibility index (Phi) is 3.01. The zero-order chi connectivity index (χ0) is 13.7. The maximum absolute atomic E-state index is 12.6. The average molecular weight is 279 g/mol. The third-order valence-electron chi connectivity index (χ3n) is 2.94. The van der Waals surface area contributed by atoms with Crippen LogP contribution in [0.5, 0.6) is 0 Å². The molecule has 2 rings (SSSR count). The van der Waals surface area contributed by atoms with Gasteiger partial charge in [0.1, 0.15) is 11.2 Å². The molecule has 0 fully saturated rings. The maximum Gasteiger partial charge on any atom is 0.408 e. The Hall–Kier alpha value is -1.30. The highest BCUT2D eigenvalue weighted by atomic mass is 35.5. The van der Waals surface area contributed by atoms with Crippen LogP contribution in [0.2, 0.25) is 5.15 Å². The lowest BCUT2D eigenvalue weighted by molar-refractivity contribution is -0.172. The van der Waals surface area contributed by atoms with Crippen LogP contribution in [-0.4, -0.2) is 28.0 Å². The summed E-state index contributed by atoms with van der Waals surface area (Å²) in [6, 6.07) is -0.254. The molecular weight excluding hydrogens is 269 g/mol. The van der Waals surface area contributed by atoms with E-state index in [4.69, 9.17) is 11.6 Å². The van der Waals surface area contributed by atoms with Crippen molar-refractivity contribution in [2.75, 3.05) is 0 Å². The molecule has 18 heavy (non-hydrogen) atoms. The molecule has 0 saturated carbocycles. The van der Waals surface area contributed by atoms with Crippen molar-refractivity contribution in [2.24, 2.45) is 0 Å². The van der Waals surface area contributed by atoms with E-state index in [2.05, 4.69) is 4.98 Å². The van der Waals surface area contributed by atoms with Gasteiger partial charge in [-0.05, 0) is 25.5 Å². The molecule has 1 aromatic heterocycles. The van der Waals surface area contributed by atoms with Crippen LogP contribution < -0.4 is 0 Å². The fourth-order valence-electron chi connectivity index (χ4n) is 1.94. The van der Waals surface area contributed by atoms with Crippen molar-refractivity contribution in [2.45, 2.75) is 32.6 Å². The van der Waals surface area contributed by atoms with E-state index in [1.807, 2.05) is 0 Å². The van der Waals surface area contributed by atoms with Gasteiger partial charge in [-0.3, -0.25) is 4.79 Å². The number of fused-ring (bicyclic) bond motifs is 1. The first-order valence-electron chi connectivity index (χ1n) is 5.25. The Balaban J connectivity index is 2.40. The van der Waals surface area contributed by atoms with Crippen molar-refractivity contribution in [3.05, 3.63) is 28.0 Å². The topological polar surface area (TPSA) is 33.2 Å². The van der Waals surface area contributed by atoms with Gasteiger partial charge < -0.3 is 4.90 Å². The van der Waals surface area contributed by atoms with Crippen LogP contribution in [0, 0.1) is 6.92 Å². The number of aromatic nitrogens is 1. The lowest BCUT2D eigenvalue weighted by atomic mass is 10.1. The number of rotatable bonds is 1. The minimum Gasteiger partial charge on any atom is -0.322 e. The van der Waals surface area contributed by atoms with E-state index in [0.29, 0.717) is 11.3 Å². The first kappa shape index (κ1) is 13.1. The lowest BCUT2D eigenvalue weighted by Crippen LogP contribution is -2.43. The molecule has 1 atom stereocenters. The second-order valence-corrected chi connectivity index (χ2v) is 4.60. The van der Waals surface area contributed by atoms with Gasteiger partial charge in [0.2, 0.25) is 0 Å². The van der Waals surface area contributed by atoms with Crippen LogP contribution >= 0.6 is 11.6 Å². The summed E-state index contributed by atoms with van der Waals surface area (Å²) in [5.41, 5.74) is 1.15. The van der Waals surface area contributed by atoms with Gasteiger partial charge in [0, 0.05) is 12.2 Å². The van der Waals surface area contributed by atoms with E-state index in [1.165, 1.54) is 0 Å². The molecule has 1 amide bonds. The van der Waals surface area contributed by atoms with Crippen LogP contribution in [0.1, 0.15) is 28.5 Å². The van der Waals surface area contributed by atoms with E-state index in [9.17, 15) is 18.0 Å². The van der Waals surface area contributed by atoms with Crippen molar-refractivity contribution in [1.29, 1.82) is 0 Å². The van der Waals surface area contributed by atoms with Crippen LogP contribution in [0.4, 0.5) is 13.2 Å². The fraction of sp³-hybridized carbons (Fsp3) is 0.455. The van der Waals surface area contributed by atoms with Gasteiger partial charge in [0.15, 0.2) is 0 Å². The first-order chi connectivity index (χ1) is 8.21. The summed E-state index contributed by atoms with van der Waals surface area (Å²) in [7, 11) is 0. The van der Waals surface area contributed by atoms with Gasteiger partial charge in [0.25, 0.3) is 5.91 Å². The molecule has 0 bridgehead atoms. The van der Waals surface area contributed by atoms with Gasteiger partial charge in [-0.2, -0.15) is 13.2 Å². The monoisotopic (exact) mass is 278 g/mol. The molecule has 0 aliphatic carbocycles. The lowest BCUT2D eigenvalue weighted by Gasteiger charge is -2.26. The number of carbonyl (C=O) groups excluding carboxylic acids is 1. The van der Waals surface area contributed by atoms with Gasteiger partial charge in [0.05, 0.1) is 5.56 Å². The summed E-state index contributed by atoms with van der Waals surface area (Å²) in [5.74, 6) is -0.715. The highest BCUT2D eigenvalue weighted by Crippen LogP contribution is 2.34. The Labute approximate surface area is 107 Å². The van der Waals surface area contributed by atoms with Crippen LogP contribution in [0.25, 0.3) is 0 Å². The number of hydrogen-bond acceptors (Lipinski definition) is 2. The van der Waals surface area contributed by atoms with E-state index in [1.54, 1.807) is 13.0 Å². The Bertz CT molecular complexity index is 516. The van der Waals surface area contributed by atoms with Crippen molar-refractivity contribution in [3.8, 4) is 0 Å². The number of pyridine rings is 1. The molecule has 0 spiro atoms. The van der Waals surface area contributed by atoms with E-state index in [-0.39, 0.29) is 17.3 Å². The highest BCUT2D eigenvalue weighted by Gasteiger charge is 2.45. The average Bonchev–Trinajstić information content (AvgIpc) is 2.53. The summed E-state index contributed by atoms with van der Waals surface area (Å²) in [5, 5.41) is -0.0353. The third-order valence-corrected chi connectivity index (χ3v) is 3.22. The number of hydrogen-bond donors (Lipinski definition) is 0. The van der Waals surface area contributed by atoms with Gasteiger partial charge in [-0.15, -0.1) is 0 Å². The van der Waals surface area contributed by atoms with Crippen molar-refractivity contribution >= 4 is 17.5 Å². The summed E-state index contributed by atoms with van der Waals surface area (Å²) in [6.07, 6.45) is -4.45. The number of carbonyl (C=O) groups is 1. The van der Waals surface area contributed by atoms with Crippen molar-refractivity contribution in [1.82, 2.24) is 9.88 Å². The second kappa shape index (κ2) is 4.12. The van der Waals surface area contributed by atoms with E-state index < -0.39 is 18.1 Å². The quantitative estimate of drug-likeness (QED) is 0.740. The number of alkyl halides is 3. The molecule has 1 aromatic rings. The number of amides is 1. The van der Waals surface area contributed by atoms with Crippen molar-refractivity contribution < 1.29 is 18.0 Å². The maximum atomic E-state index is 12.6. The molecular formula is C11H10ClF3N2O. The molecule has 98 valence electrons. The van der Waals surface area contributed by atoms with Gasteiger partial charge in [-0.1, -0.05) is 11.6 Å². The molecule has 3 nitrogen and oxygen atoms in total. The molecule has 7 heteroatoms. The largest absolute Gasteiger partial charge is 0.408 e. The molecule has 1 aliphatic rings. The normalized spacial score (nSPS) is 17.0. The minimum atomic E-state index is -4.45. The van der Waals surface area contributed by atoms with E-state index in [0.717, 1.165) is 11.8 Å². The van der Waals surface area contributed by atoms with Gasteiger partial charge in [-0.25, -0.2) is 4.98 Å². The number of halogens is 4. The van der Waals surface area contributed by atoms with Crippen molar-refractivity contribution in [3.63, 3.8) is 0 Å². The number of nitrogens with zero attached hydrogens (tertiary/aromatic N) is 2. The Morgan fingerprint density at radius 2 is 2.11 bits per heavy atom. The highest BCUT2D eigenvalue weighted by molar-refractivity contribution is 6.33. The van der Waals surface area contributed by atoms with Crippen LogP contribution in [0.15, 0.2) is 6.07 Å².